The van der Waals surface area contributed by atoms with Crippen LogP contribution in [0.5, 0.6) is 0 Å². The molecule has 0 aliphatic carbocycles. The van der Waals surface area contributed by atoms with Crippen LogP contribution in [0.25, 0.3) is 10.9 Å². The number of fused-ring (bicyclic) bond motifs is 1. The molecule has 0 spiro atoms. The molecule has 1 heterocycles. The minimum atomic E-state index is -9.95. The van der Waals surface area contributed by atoms with E-state index in [1.807, 2.05) is 24.3 Å². The molecule has 10 heteroatoms. The van der Waals surface area contributed by atoms with Gasteiger partial charge in [0.05, 0.1) is 5.56 Å². The van der Waals surface area contributed by atoms with Crippen LogP contribution in [0.1, 0.15) is 15.9 Å². The standard InChI is InChI=1S/C17H15F5N2O2S/c18-27(19,20,21,22)12-5-6-16(14(9-12)17(25)26)23-8-7-11-10-24-15-4-2-1-3-13(11)15/h1-6,9-10,23-24H,7-8H2,(H,25,26). The number of aromatic carboxylic acids is 1. The fourth-order valence-corrected chi connectivity index (χ4v) is 3.43. The third-order valence-corrected chi connectivity index (χ3v) is 5.20. The number of H-pyrrole nitrogens is 1. The molecule has 0 aliphatic heterocycles. The van der Waals surface area contributed by atoms with Gasteiger partial charge in [0.15, 0.2) is 0 Å². The smallest absolute Gasteiger partial charge is 0.337 e. The highest BCUT2D eigenvalue weighted by Gasteiger charge is 2.65. The van der Waals surface area contributed by atoms with Gasteiger partial charge in [-0.25, -0.2) is 4.79 Å². The fraction of sp³-hybridized carbons (Fsp3) is 0.118. The predicted molar refractivity (Wildman–Crippen MR) is 95.3 cm³/mol. The minimum absolute atomic E-state index is 0.0298. The number of carbonyl (C=O) groups is 1. The zero-order valence-electron chi connectivity index (χ0n) is 13.7. The van der Waals surface area contributed by atoms with Crippen LogP contribution >= 0.6 is 10.2 Å². The van der Waals surface area contributed by atoms with Gasteiger partial charge in [0.2, 0.25) is 0 Å². The molecule has 3 N–H and O–H groups in total. The van der Waals surface area contributed by atoms with Crippen molar-refractivity contribution in [2.75, 3.05) is 11.9 Å². The Balaban J connectivity index is 1.82. The Morgan fingerprint density at radius 3 is 2.44 bits per heavy atom. The molecule has 4 nitrogen and oxygen atoms in total. The maximum Gasteiger partial charge on any atom is 0.337 e. The molecule has 0 fully saturated rings. The summed E-state index contributed by atoms with van der Waals surface area (Å²) in [6.45, 7) is 0.206. The highest BCUT2D eigenvalue weighted by Crippen LogP contribution is 3.02. The fourth-order valence-electron chi connectivity index (χ4n) is 2.76. The van der Waals surface area contributed by atoms with Crippen LogP contribution < -0.4 is 5.32 Å². The number of carboxylic acid groups (broad SMARTS) is 1. The van der Waals surface area contributed by atoms with Gasteiger partial charge in [-0.05, 0) is 36.2 Å². The topological polar surface area (TPSA) is 65.1 Å². The van der Waals surface area contributed by atoms with Crippen LogP contribution in [0, 0.1) is 0 Å². The Hall–Kier alpha value is -2.75. The Morgan fingerprint density at radius 2 is 1.78 bits per heavy atom. The van der Waals surface area contributed by atoms with E-state index >= 15 is 0 Å². The van der Waals surface area contributed by atoms with Gasteiger partial charge in [0.1, 0.15) is 4.90 Å². The molecule has 0 atom stereocenters. The number of aromatic nitrogens is 1. The molecule has 0 radical (unpaired) electrons. The number of hydrogen-bond donors (Lipinski definition) is 3. The molecule has 0 saturated heterocycles. The summed E-state index contributed by atoms with van der Waals surface area (Å²) in [6.07, 6.45) is 2.23. The maximum absolute atomic E-state index is 12.9. The quantitative estimate of drug-likeness (QED) is 0.429. The van der Waals surface area contributed by atoms with Gasteiger partial charge in [-0.3, -0.25) is 0 Å². The van der Waals surface area contributed by atoms with Gasteiger partial charge in [-0.1, -0.05) is 37.6 Å². The highest BCUT2D eigenvalue weighted by atomic mass is 32.5. The zero-order chi connectivity index (χ0) is 19.9. The first-order valence-corrected chi connectivity index (χ1v) is 9.70. The number of halogens is 5. The lowest BCUT2D eigenvalue weighted by molar-refractivity contribution is 0.0697. The Bertz CT molecular complexity index is 1030. The van der Waals surface area contributed by atoms with E-state index in [-0.39, 0.29) is 24.4 Å². The van der Waals surface area contributed by atoms with Crippen molar-refractivity contribution in [3.05, 3.63) is 59.8 Å². The minimum Gasteiger partial charge on any atom is -0.478 e. The molecule has 0 unspecified atom stereocenters. The molecule has 0 bridgehead atoms. The van der Waals surface area contributed by atoms with Crippen LogP contribution in [0.2, 0.25) is 0 Å². The number of benzene rings is 2. The Morgan fingerprint density at radius 1 is 1.07 bits per heavy atom. The van der Waals surface area contributed by atoms with Crippen molar-refractivity contribution in [2.24, 2.45) is 0 Å². The van der Waals surface area contributed by atoms with E-state index in [1.165, 1.54) is 0 Å². The van der Waals surface area contributed by atoms with Gasteiger partial charge in [-0.2, -0.15) is 0 Å². The number of aromatic amines is 1. The molecule has 3 aromatic rings. The van der Waals surface area contributed by atoms with E-state index < -0.39 is 26.7 Å². The molecule has 1 aromatic heterocycles. The monoisotopic (exact) mass is 406 g/mol. The van der Waals surface area contributed by atoms with Gasteiger partial charge >= 0.3 is 16.2 Å². The Kier molecular flexibility index (Phi) is 3.96. The van der Waals surface area contributed by atoms with E-state index in [1.54, 1.807) is 6.20 Å². The van der Waals surface area contributed by atoms with Crippen LogP contribution in [0.15, 0.2) is 53.6 Å². The van der Waals surface area contributed by atoms with Crippen molar-refractivity contribution < 1.29 is 29.3 Å². The van der Waals surface area contributed by atoms with Gasteiger partial charge in [-0.15, -0.1) is 0 Å². The molecular weight excluding hydrogens is 391 g/mol. The summed E-state index contributed by atoms with van der Waals surface area (Å²) in [4.78, 5) is 12.1. The van der Waals surface area contributed by atoms with Crippen LogP contribution in [-0.4, -0.2) is 22.6 Å². The lowest BCUT2D eigenvalue weighted by atomic mass is 10.1. The van der Waals surface area contributed by atoms with E-state index in [0.29, 0.717) is 12.5 Å². The number of para-hydroxylation sites is 1. The van der Waals surface area contributed by atoms with Gasteiger partial charge in [0.25, 0.3) is 0 Å². The van der Waals surface area contributed by atoms with Crippen molar-refractivity contribution >= 4 is 32.8 Å². The summed E-state index contributed by atoms with van der Waals surface area (Å²) >= 11 is 0. The zero-order valence-corrected chi connectivity index (χ0v) is 14.5. The molecule has 0 saturated carbocycles. The van der Waals surface area contributed by atoms with Crippen LogP contribution in [-0.2, 0) is 6.42 Å². The number of rotatable bonds is 6. The van der Waals surface area contributed by atoms with Crippen molar-refractivity contribution in [1.29, 1.82) is 0 Å². The second-order valence-corrected chi connectivity index (χ2v) is 8.43. The lowest BCUT2D eigenvalue weighted by Gasteiger charge is -2.40. The average molecular weight is 406 g/mol. The second-order valence-electron chi connectivity index (χ2n) is 6.02. The molecule has 0 aliphatic rings. The predicted octanol–water partition coefficient (Wildman–Crippen LogP) is 6.18. The van der Waals surface area contributed by atoms with Crippen molar-refractivity contribution in [1.82, 2.24) is 4.98 Å². The lowest BCUT2D eigenvalue weighted by Crippen LogP contribution is -2.12. The number of carboxylic acids is 1. The van der Waals surface area contributed by atoms with Gasteiger partial charge < -0.3 is 15.4 Å². The number of anilines is 1. The van der Waals surface area contributed by atoms with E-state index in [0.717, 1.165) is 16.5 Å². The Labute approximate surface area is 150 Å². The van der Waals surface area contributed by atoms with Crippen LogP contribution in [0.3, 0.4) is 0 Å². The summed E-state index contributed by atoms with van der Waals surface area (Å²) < 4.78 is 64.5. The van der Waals surface area contributed by atoms with Crippen molar-refractivity contribution in [3.63, 3.8) is 0 Å². The average Bonchev–Trinajstić information content (AvgIpc) is 2.96. The summed E-state index contributed by atoms with van der Waals surface area (Å²) in [5.41, 5.74) is 0.824. The molecule has 0 amide bonds. The van der Waals surface area contributed by atoms with Crippen LogP contribution in [0.4, 0.5) is 25.1 Å². The number of hydrogen-bond acceptors (Lipinski definition) is 2. The second kappa shape index (κ2) is 5.62. The first kappa shape index (κ1) is 19.0. The third kappa shape index (κ3) is 4.16. The highest BCUT2D eigenvalue weighted by molar-refractivity contribution is 8.45. The normalized spacial score (nSPS) is 14.6. The molecule has 3 rings (SSSR count). The number of nitrogens with one attached hydrogen (secondary N) is 2. The van der Waals surface area contributed by atoms with E-state index in [9.17, 15) is 24.2 Å². The summed E-state index contributed by atoms with van der Waals surface area (Å²) in [6, 6.07) is 8.38. The summed E-state index contributed by atoms with van der Waals surface area (Å²) in [5, 5.41) is 12.8. The largest absolute Gasteiger partial charge is 0.478 e. The van der Waals surface area contributed by atoms with E-state index in [4.69, 9.17) is 5.11 Å². The third-order valence-electron chi connectivity index (χ3n) is 4.05. The van der Waals surface area contributed by atoms with E-state index in [2.05, 4.69) is 10.3 Å². The SMILES string of the molecule is O=C(O)c1cc(S(F)(F)(F)(F)F)ccc1NCCc1c[nH]c2ccccc12. The maximum atomic E-state index is 12.9. The van der Waals surface area contributed by atoms with Gasteiger partial charge in [0, 0.05) is 29.3 Å². The first-order valence-electron chi connectivity index (χ1n) is 7.75. The molecule has 146 valence electrons. The molecule has 27 heavy (non-hydrogen) atoms. The summed E-state index contributed by atoms with van der Waals surface area (Å²) in [5.74, 6) is -1.73. The first-order chi connectivity index (χ1) is 12.3. The van der Waals surface area contributed by atoms with Crippen molar-refractivity contribution in [2.45, 2.75) is 11.3 Å². The summed E-state index contributed by atoms with van der Waals surface area (Å²) in [7, 11) is -9.95. The molecular formula is C17H15F5N2O2S. The molecule has 2 aromatic carbocycles. The van der Waals surface area contributed by atoms with Crippen molar-refractivity contribution in [3.8, 4) is 0 Å².